The number of hydrogen-bond donors (Lipinski definition) is 2. The Kier molecular flexibility index (Phi) is 16.2. The standard InChI is InChI=1S/C55H72N2O3Si3/c1-53(2,3)61(47-28-16-10-17-29-47,48-30-18-11-19-31-48)58-42-40-56-44-46(60-63(55(7,8)9,51-36-24-14-25-37-51)52-38-26-15-27-39-52)45-57-41-43-59-62(54(4,5)6,49-32-20-12-21-33-49)50-34-22-13-23-35-50/h10-39,46,56-57H,40-45H2,1-9H3. The number of rotatable bonds is 20. The van der Waals surface area contributed by atoms with Crippen molar-refractivity contribution in [3.63, 3.8) is 0 Å². The SMILES string of the molecule is CC(C)(C)[Si](OCCNCC(CNCCO[Si](c1ccccc1)(c1ccccc1)C(C)(C)C)O[Si](c1ccccc1)(c1ccccc1)C(C)(C)C)(c1ccccc1)c1ccccc1. The molecule has 5 nitrogen and oxygen atoms in total. The van der Waals surface area contributed by atoms with Crippen LogP contribution in [0.2, 0.25) is 15.1 Å². The molecule has 63 heavy (non-hydrogen) atoms. The fourth-order valence-electron chi connectivity index (χ4n) is 9.70. The lowest BCUT2D eigenvalue weighted by Crippen LogP contribution is -2.69. The first kappa shape index (κ1) is 48.2. The van der Waals surface area contributed by atoms with E-state index in [0.29, 0.717) is 39.4 Å². The fourth-order valence-corrected chi connectivity index (χ4v) is 23.5. The van der Waals surface area contributed by atoms with Crippen molar-refractivity contribution in [1.29, 1.82) is 0 Å². The predicted molar refractivity (Wildman–Crippen MR) is 275 cm³/mol. The van der Waals surface area contributed by atoms with E-state index in [2.05, 4.69) is 255 Å². The minimum atomic E-state index is -2.86. The third kappa shape index (κ3) is 10.7. The summed E-state index contributed by atoms with van der Waals surface area (Å²) < 4.78 is 22.4. The zero-order valence-electron chi connectivity index (χ0n) is 39.4. The van der Waals surface area contributed by atoms with Gasteiger partial charge in [0.05, 0.1) is 6.10 Å². The lowest BCUT2D eigenvalue weighted by Gasteiger charge is -2.45. The van der Waals surface area contributed by atoms with Crippen LogP contribution in [0, 0.1) is 0 Å². The van der Waals surface area contributed by atoms with Crippen molar-refractivity contribution in [3.05, 3.63) is 182 Å². The van der Waals surface area contributed by atoms with Gasteiger partial charge >= 0.3 is 0 Å². The molecular weight excluding hydrogens is 821 g/mol. The summed E-state index contributed by atoms with van der Waals surface area (Å²) >= 11 is 0. The van der Waals surface area contributed by atoms with Crippen LogP contribution in [0.4, 0.5) is 0 Å². The summed E-state index contributed by atoms with van der Waals surface area (Å²) in [5, 5.41) is 15.1. The average Bonchev–Trinajstić information content (AvgIpc) is 3.28. The van der Waals surface area contributed by atoms with Crippen LogP contribution >= 0.6 is 0 Å². The molecule has 0 aliphatic rings. The molecule has 6 aromatic rings. The van der Waals surface area contributed by atoms with Crippen molar-refractivity contribution in [3.8, 4) is 0 Å². The molecule has 0 saturated heterocycles. The van der Waals surface area contributed by atoms with Crippen molar-refractivity contribution in [1.82, 2.24) is 10.6 Å². The Morgan fingerprint density at radius 2 is 0.571 bits per heavy atom. The molecule has 0 radical (unpaired) electrons. The largest absolute Gasteiger partial charge is 0.406 e. The van der Waals surface area contributed by atoms with Gasteiger partial charge in [0.15, 0.2) is 0 Å². The van der Waals surface area contributed by atoms with Gasteiger partial charge in [-0.25, -0.2) is 0 Å². The summed E-state index contributed by atoms with van der Waals surface area (Å²) in [6.45, 7) is 25.0. The maximum absolute atomic E-state index is 7.81. The predicted octanol–water partition coefficient (Wildman–Crippen LogP) is 8.26. The zero-order chi connectivity index (χ0) is 45.0. The Balaban J connectivity index is 1.26. The lowest BCUT2D eigenvalue weighted by molar-refractivity contribution is 0.174. The van der Waals surface area contributed by atoms with E-state index in [4.69, 9.17) is 13.3 Å². The van der Waals surface area contributed by atoms with E-state index in [1.165, 1.54) is 31.1 Å². The first-order chi connectivity index (χ1) is 30.2. The quantitative estimate of drug-likeness (QED) is 0.0598. The number of nitrogens with one attached hydrogen (secondary N) is 2. The zero-order valence-corrected chi connectivity index (χ0v) is 42.4. The highest BCUT2D eigenvalue weighted by molar-refractivity contribution is 7.00. The summed E-state index contributed by atoms with van der Waals surface area (Å²) in [7, 11) is -8.21. The van der Waals surface area contributed by atoms with E-state index < -0.39 is 25.0 Å². The van der Waals surface area contributed by atoms with Gasteiger partial charge in [0.2, 0.25) is 0 Å². The Morgan fingerprint density at radius 3 is 0.794 bits per heavy atom. The van der Waals surface area contributed by atoms with Gasteiger partial charge in [0, 0.05) is 39.4 Å². The maximum Gasteiger partial charge on any atom is 0.261 e. The van der Waals surface area contributed by atoms with Gasteiger partial charge in [-0.1, -0.05) is 244 Å². The molecule has 0 aromatic heterocycles. The first-order valence-electron chi connectivity index (χ1n) is 22.9. The first-order valence-corrected chi connectivity index (χ1v) is 28.6. The molecule has 6 aromatic carbocycles. The summed E-state index contributed by atoms with van der Waals surface area (Å²) in [4.78, 5) is 0. The van der Waals surface area contributed by atoms with Crippen molar-refractivity contribution in [2.75, 3.05) is 39.4 Å². The molecular formula is C55H72N2O3Si3. The van der Waals surface area contributed by atoms with Crippen molar-refractivity contribution < 1.29 is 13.3 Å². The molecule has 0 fully saturated rings. The minimum Gasteiger partial charge on any atom is -0.406 e. The van der Waals surface area contributed by atoms with Crippen LogP contribution in [-0.4, -0.2) is 70.4 Å². The summed E-state index contributed by atoms with van der Waals surface area (Å²) in [6, 6.07) is 65.6. The molecule has 0 heterocycles. The van der Waals surface area contributed by atoms with Gasteiger partial charge in [-0.3, -0.25) is 0 Å². The molecule has 0 unspecified atom stereocenters. The van der Waals surface area contributed by atoms with Gasteiger partial charge in [0.25, 0.3) is 25.0 Å². The van der Waals surface area contributed by atoms with Gasteiger partial charge in [-0.15, -0.1) is 0 Å². The van der Waals surface area contributed by atoms with Crippen LogP contribution in [0.3, 0.4) is 0 Å². The van der Waals surface area contributed by atoms with Crippen LogP contribution in [0.25, 0.3) is 0 Å². The molecule has 0 amide bonds. The molecule has 0 atom stereocenters. The second-order valence-corrected chi connectivity index (χ2v) is 32.7. The highest BCUT2D eigenvalue weighted by Gasteiger charge is 2.53. The summed E-state index contributed by atoms with van der Waals surface area (Å²) in [5.41, 5.74) is 0. The van der Waals surface area contributed by atoms with Crippen LogP contribution in [0.5, 0.6) is 0 Å². The van der Waals surface area contributed by atoms with Crippen LogP contribution in [0.1, 0.15) is 62.3 Å². The van der Waals surface area contributed by atoms with Crippen LogP contribution in [0.15, 0.2) is 182 Å². The number of benzene rings is 6. The third-order valence-electron chi connectivity index (χ3n) is 12.5. The highest BCUT2D eigenvalue weighted by atomic mass is 28.4. The number of hydrogen-bond acceptors (Lipinski definition) is 5. The molecule has 0 spiro atoms. The highest BCUT2D eigenvalue weighted by Crippen LogP contribution is 2.39. The summed E-state index contributed by atoms with van der Waals surface area (Å²) in [6.07, 6.45) is -0.142. The van der Waals surface area contributed by atoms with E-state index >= 15 is 0 Å². The van der Waals surface area contributed by atoms with E-state index in [1.807, 2.05) is 0 Å². The Hall–Kier alpha value is -4.23. The van der Waals surface area contributed by atoms with Gasteiger partial charge < -0.3 is 23.9 Å². The summed E-state index contributed by atoms with van der Waals surface area (Å²) in [5.74, 6) is 0. The smallest absolute Gasteiger partial charge is 0.261 e. The van der Waals surface area contributed by atoms with Crippen molar-refractivity contribution in [2.45, 2.75) is 83.5 Å². The maximum atomic E-state index is 7.81. The van der Waals surface area contributed by atoms with Gasteiger partial charge in [-0.05, 0) is 46.2 Å². The molecule has 8 heteroatoms. The second kappa shape index (κ2) is 21.2. The van der Waals surface area contributed by atoms with Crippen molar-refractivity contribution in [2.24, 2.45) is 0 Å². The van der Waals surface area contributed by atoms with E-state index in [9.17, 15) is 0 Å². The second-order valence-electron chi connectivity index (χ2n) is 19.8. The normalized spacial score (nSPS) is 13.0. The molecule has 0 aliphatic heterocycles. The molecule has 0 bridgehead atoms. The minimum absolute atomic E-state index is 0.0922. The monoisotopic (exact) mass is 892 g/mol. The fraction of sp³-hybridized carbons (Fsp3) is 0.345. The molecule has 2 N–H and O–H groups in total. The topological polar surface area (TPSA) is 51.8 Å². The Bertz CT molecular complexity index is 2000. The van der Waals surface area contributed by atoms with E-state index in [-0.39, 0.29) is 21.2 Å². The van der Waals surface area contributed by atoms with Crippen molar-refractivity contribution >= 4 is 56.1 Å². The van der Waals surface area contributed by atoms with E-state index in [1.54, 1.807) is 0 Å². The van der Waals surface area contributed by atoms with Gasteiger partial charge in [-0.2, -0.15) is 0 Å². The Labute approximate surface area is 383 Å². The lowest BCUT2D eigenvalue weighted by atomic mass is 10.2. The average molecular weight is 893 g/mol. The van der Waals surface area contributed by atoms with Crippen LogP contribution in [-0.2, 0) is 13.3 Å². The molecule has 0 saturated carbocycles. The third-order valence-corrected chi connectivity index (χ3v) is 27.7. The molecule has 0 aliphatic carbocycles. The van der Waals surface area contributed by atoms with Crippen LogP contribution < -0.4 is 41.8 Å². The molecule has 332 valence electrons. The van der Waals surface area contributed by atoms with E-state index in [0.717, 1.165) is 0 Å². The molecule has 6 rings (SSSR count). The Morgan fingerprint density at radius 1 is 0.349 bits per heavy atom. The van der Waals surface area contributed by atoms with Gasteiger partial charge in [0.1, 0.15) is 0 Å².